The van der Waals surface area contributed by atoms with Gasteiger partial charge in [0.1, 0.15) is 0 Å². The summed E-state index contributed by atoms with van der Waals surface area (Å²) in [6, 6.07) is 0. The lowest BCUT2D eigenvalue weighted by Crippen LogP contribution is -2.52. The van der Waals surface area contributed by atoms with E-state index in [9.17, 15) is 9.59 Å². The molecule has 1 saturated heterocycles. The second kappa shape index (κ2) is 2.47. The van der Waals surface area contributed by atoms with E-state index in [0.29, 0.717) is 11.8 Å². The molecule has 5 aliphatic rings. The lowest BCUT2D eigenvalue weighted by molar-refractivity contribution is -0.154. The van der Waals surface area contributed by atoms with E-state index in [1.54, 1.807) is 0 Å². The summed E-state index contributed by atoms with van der Waals surface area (Å²) in [4.78, 5) is 23.4. The van der Waals surface area contributed by atoms with Gasteiger partial charge in [-0.2, -0.15) is 0 Å². The van der Waals surface area contributed by atoms with E-state index in [1.165, 1.54) is 5.57 Å². The first-order valence-corrected chi connectivity index (χ1v) is 5.80. The van der Waals surface area contributed by atoms with Crippen molar-refractivity contribution in [1.29, 1.82) is 0 Å². The quantitative estimate of drug-likeness (QED) is 0.348. The fourth-order valence-electron chi connectivity index (χ4n) is 4.14. The minimum absolute atomic E-state index is 0.197. The number of allylic oxidation sites excluding steroid dienone is 4. The molecule has 3 nitrogen and oxygen atoms in total. The van der Waals surface area contributed by atoms with Gasteiger partial charge in [0.2, 0.25) is 0 Å². The van der Waals surface area contributed by atoms with Crippen molar-refractivity contribution in [3.63, 3.8) is 0 Å². The van der Waals surface area contributed by atoms with Crippen molar-refractivity contribution < 1.29 is 14.3 Å². The number of carbonyl (C=O) groups is 2. The van der Waals surface area contributed by atoms with Crippen LogP contribution in [0.15, 0.2) is 23.8 Å². The van der Waals surface area contributed by atoms with Gasteiger partial charge in [-0.25, -0.2) is 0 Å². The topological polar surface area (TPSA) is 43.4 Å². The normalized spacial score (nSPS) is 51.7. The molecule has 82 valence electrons. The molecule has 5 rings (SSSR count). The van der Waals surface area contributed by atoms with E-state index in [1.807, 2.05) is 0 Å². The second-order valence-electron chi connectivity index (χ2n) is 5.35. The number of carbonyl (C=O) groups excluding carboxylic acids is 2. The van der Waals surface area contributed by atoms with Crippen LogP contribution in [-0.4, -0.2) is 11.9 Å². The highest BCUT2D eigenvalue weighted by Gasteiger charge is 2.62. The van der Waals surface area contributed by atoms with Crippen molar-refractivity contribution in [2.24, 2.45) is 35.5 Å². The third kappa shape index (κ3) is 0.751. The van der Waals surface area contributed by atoms with Gasteiger partial charge < -0.3 is 4.74 Å². The van der Waals surface area contributed by atoms with Gasteiger partial charge in [0.05, 0.1) is 11.8 Å². The molecule has 0 aromatic rings. The Morgan fingerprint density at radius 1 is 0.938 bits per heavy atom. The molecule has 0 amide bonds. The Kier molecular flexibility index (Phi) is 1.35. The maximum absolute atomic E-state index is 11.7. The van der Waals surface area contributed by atoms with E-state index < -0.39 is 0 Å². The van der Waals surface area contributed by atoms with Crippen molar-refractivity contribution >= 4 is 11.9 Å². The summed E-state index contributed by atoms with van der Waals surface area (Å²) in [6.45, 7) is 2.12. The van der Waals surface area contributed by atoms with Gasteiger partial charge >= 0.3 is 11.9 Å². The fourth-order valence-corrected chi connectivity index (χ4v) is 4.14. The van der Waals surface area contributed by atoms with Crippen LogP contribution in [-0.2, 0) is 14.3 Å². The van der Waals surface area contributed by atoms with Crippen LogP contribution < -0.4 is 0 Å². The lowest BCUT2D eigenvalue weighted by Gasteiger charge is -2.53. The minimum atomic E-state index is -0.300. The van der Waals surface area contributed by atoms with Gasteiger partial charge in [-0.3, -0.25) is 9.59 Å². The van der Waals surface area contributed by atoms with Gasteiger partial charge in [0, 0.05) is 0 Å². The van der Waals surface area contributed by atoms with E-state index >= 15 is 0 Å². The first-order chi connectivity index (χ1) is 7.68. The molecule has 2 bridgehead atoms. The average molecular weight is 216 g/mol. The van der Waals surface area contributed by atoms with Crippen molar-refractivity contribution in [3.8, 4) is 0 Å². The fraction of sp³-hybridized carbons (Fsp3) is 0.538. The SMILES string of the molecule is CC1=C[C@H]2[C@@H]3C=C[C@@H]([C@H]12)[C@H]1C(=O)OC(=O)[C@H]31. The highest BCUT2D eigenvalue weighted by molar-refractivity contribution is 5.97. The molecule has 1 saturated carbocycles. The number of ether oxygens (including phenoxy) is 1. The molecule has 1 aliphatic heterocycles. The molecule has 0 N–H and O–H groups in total. The highest BCUT2D eigenvalue weighted by atomic mass is 16.6. The molecule has 16 heavy (non-hydrogen) atoms. The third-order valence-corrected chi connectivity index (χ3v) is 4.77. The van der Waals surface area contributed by atoms with Crippen molar-refractivity contribution in [3.05, 3.63) is 23.8 Å². The molecule has 3 heteroatoms. The van der Waals surface area contributed by atoms with Gasteiger partial charge in [-0.1, -0.05) is 23.8 Å². The number of hydrogen-bond donors (Lipinski definition) is 0. The number of rotatable bonds is 0. The standard InChI is InChI=1S/C13H12O3/c1-5-4-8-6-2-3-7(9(5)8)11-10(6)12(14)16-13(11)15/h2-4,6-11H,1H3/t6-,7-,8-,9-,10+,11+/m0/s1. The second-order valence-corrected chi connectivity index (χ2v) is 5.35. The maximum atomic E-state index is 11.7. The maximum Gasteiger partial charge on any atom is 0.318 e. The van der Waals surface area contributed by atoms with Crippen LogP contribution >= 0.6 is 0 Å². The zero-order valence-corrected chi connectivity index (χ0v) is 8.92. The Balaban J connectivity index is 1.86. The minimum Gasteiger partial charge on any atom is -0.393 e. The average Bonchev–Trinajstić information content (AvgIpc) is 2.54. The Morgan fingerprint density at radius 2 is 1.56 bits per heavy atom. The van der Waals surface area contributed by atoms with Crippen LogP contribution in [0, 0.1) is 35.5 Å². The van der Waals surface area contributed by atoms with Gasteiger partial charge in [-0.05, 0) is 30.6 Å². The number of cyclic esters (lactones) is 2. The van der Waals surface area contributed by atoms with Crippen molar-refractivity contribution in [2.45, 2.75) is 6.92 Å². The molecule has 0 spiro atoms. The zero-order valence-electron chi connectivity index (χ0n) is 8.92. The summed E-state index contributed by atoms with van der Waals surface area (Å²) >= 11 is 0. The Bertz CT molecular complexity index is 474. The van der Waals surface area contributed by atoms with E-state index in [-0.39, 0.29) is 35.6 Å². The molecule has 0 radical (unpaired) electrons. The summed E-state index contributed by atoms with van der Waals surface area (Å²) in [5.74, 6) is 0.342. The van der Waals surface area contributed by atoms with Crippen molar-refractivity contribution in [2.75, 3.05) is 0 Å². The highest BCUT2D eigenvalue weighted by Crippen LogP contribution is 2.60. The number of esters is 2. The smallest absolute Gasteiger partial charge is 0.318 e. The lowest BCUT2D eigenvalue weighted by atomic mass is 9.48. The molecule has 6 atom stereocenters. The molecule has 0 aromatic heterocycles. The molecule has 0 aromatic carbocycles. The van der Waals surface area contributed by atoms with Crippen LogP contribution in [0.2, 0.25) is 0 Å². The monoisotopic (exact) mass is 216 g/mol. The Morgan fingerprint density at radius 3 is 2.25 bits per heavy atom. The predicted molar refractivity (Wildman–Crippen MR) is 54.9 cm³/mol. The molecule has 4 aliphatic carbocycles. The molecular weight excluding hydrogens is 204 g/mol. The van der Waals surface area contributed by atoms with Crippen LogP contribution in [0.3, 0.4) is 0 Å². The summed E-state index contributed by atoms with van der Waals surface area (Å²) in [6.07, 6.45) is 6.50. The zero-order chi connectivity index (χ0) is 11.0. The first-order valence-electron chi connectivity index (χ1n) is 5.80. The van der Waals surface area contributed by atoms with Crippen LogP contribution in [0.4, 0.5) is 0 Å². The third-order valence-electron chi connectivity index (χ3n) is 4.77. The van der Waals surface area contributed by atoms with Gasteiger partial charge in [-0.15, -0.1) is 0 Å². The van der Waals surface area contributed by atoms with Crippen LogP contribution in [0.25, 0.3) is 0 Å². The first kappa shape index (κ1) is 8.74. The van der Waals surface area contributed by atoms with Crippen LogP contribution in [0.5, 0.6) is 0 Å². The Hall–Kier alpha value is -1.38. The summed E-state index contributed by atoms with van der Waals surface area (Å²) < 4.78 is 4.81. The summed E-state index contributed by atoms with van der Waals surface area (Å²) in [7, 11) is 0. The molecular formula is C13H12O3. The Labute approximate surface area is 93.2 Å². The van der Waals surface area contributed by atoms with E-state index in [4.69, 9.17) is 4.74 Å². The van der Waals surface area contributed by atoms with Crippen molar-refractivity contribution in [1.82, 2.24) is 0 Å². The molecule has 0 unspecified atom stereocenters. The van der Waals surface area contributed by atoms with Gasteiger partial charge in [0.25, 0.3) is 0 Å². The summed E-state index contributed by atoms with van der Waals surface area (Å²) in [5, 5.41) is 0. The van der Waals surface area contributed by atoms with Crippen LogP contribution in [0.1, 0.15) is 6.92 Å². The van der Waals surface area contributed by atoms with E-state index in [2.05, 4.69) is 25.2 Å². The molecule has 1 heterocycles. The number of hydrogen-bond acceptors (Lipinski definition) is 3. The largest absolute Gasteiger partial charge is 0.393 e. The van der Waals surface area contributed by atoms with Gasteiger partial charge in [0.15, 0.2) is 0 Å². The summed E-state index contributed by atoms with van der Waals surface area (Å²) in [5.41, 5.74) is 1.37. The molecule has 2 fully saturated rings. The van der Waals surface area contributed by atoms with E-state index in [0.717, 1.165) is 0 Å². The predicted octanol–water partition coefficient (Wildman–Crippen LogP) is 1.31.